The van der Waals surface area contributed by atoms with Gasteiger partial charge in [-0.05, 0) is 12.1 Å². The van der Waals surface area contributed by atoms with Crippen LogP contribution in [0.2, 0.25) is 0 Å². The average Bonchev–Trinajstić information content (AvgIpc) is 2.43. The molecule has 0 spiro atoms. The van der Waals surface area contributed by atoms with Gasteiger partial charge in [-0.25, -0.2) is 0 Å². The molecule has 86 valence electrons. The van der Waals surface area contributed by atoms with Gasteiger partial charge < -0.3 is 0 Å². The monoisotopic (exact) mass is 303 g/mol. The predicted molar refractivity (Wildman–Crippen MR) is 64.9 cm³/mol. The number of amides is 2. The number of nitrogens with zero attached hydrogens (tertiary/aromatic N) is 1. The van der Waals surface area contributed by atoms with Crippen LogP contribution in [0.3, 0.4) is 0 Å². The second kappa shape index (κ2) is 7.07. The quantitative estimate of drug-likeness (QED) is 0.446. The standard InChI is InChI=1S/C9H7NO5S.K.Na/c11-8-6-3-1-2-4-7(6)9(12)10(8)5-16(13,14)15;;/h1-4H,5H2,(H,13,14,15);;. The smallest absolute Gasteiger partial charge is 0.283 e. The zero-order valence-electron chi connectivity index (χ0n) is 9.95. The van der Waals surface area contributed by atoms with Crippen LogP contribution in [0.1, 0.15) is 20.7 Å². The van der Waals surface area contributed by atoms with E-state index in [2.05, 4.69) is 0 Å². The summed E-state index contributed by atoms with van der Waals surface area (Å²) in [4.78, 5) is 23.7. The van der Waals surface area contributed by atoms with Crippen molar-refractivity contribution in [1.82, 2.24) is 4.90 Å². The third-order valence-corrected chi connectivity index (χ3v) is 2.75. The van der Waals surface area contributed by atoms with E-state index in [-0.39, 0.29) is 92.1 Å². The van der Waals surface area contributed by atoms with E-state index in [9.17, 15) is 18.0 Å². The van der Waals surface area contributed by atoms with Gasteiger partial charge in [0.25, 0.3) is 21.9 Å². The first-order chi connectivity index (χ1) is 7.40. The summed E-state index contributed by atoms with van der Waals surface area (Å²) in [5.41, 5.74) is 0.298. The van der Waals surface area contributed by atoms with Crippen molar-refractivity contribution in [1.29, 1.82) is 0 Å². The molecule has 0 fully saturated rings. The van der Waals surface area contributed by atoms with Crippen LogP contribution >= 0.6 is 0 Å². The van der Waals surface area contributed by atoms with E-state index in [0.29, 0.717) is 4.90 Å². The van der Waals surface area contributed by atoms with E-state index in [1.54, 1.807) is 12.1 Å². The molecule has 0 atom stereocenters. The van der Waals surface area contributed by atoms with Gasteiger partial charge in [-0.15, -0.1) is 0 Å². The minimum absolute atomic E-state index is 0. The Bertz CT molecular complexity index is 553. The SMILES string of the molecule is O=C1c2ccccc2C(=O)N1CS(=O)(=O)O.[K].[Na]. The second-order valence-electron chi connectivity index (χ2n) is 3.29. The molecule has 0 bridgehead atoms. The van der Waals surface area contributed by atoms with Crippen LogP contribution in [-0.2, 0) is 10.1 Å². The van der Waals surface area contributed by atoms with Gasteiger partial charge in [-0.2, -0.15) is 8.42 Å². The molecule has 1 heterocycles. The van der Waals surface area contributed by atoms with Crippen LogP contribution in [0.15, 0.2) is 24.3 Å². The van der Waals surface area contributed by atoms with Crippen molar-refractivity contribution in [3.8, 4) is 0 Å². The van der Waals surface area contributed by atoms with Crippen molar-refractivity contribution in [3.63, 3.8) is 0 Å². The van der Waals surface area contributed by atoms with E-state index < -0.39 is 27.8 Å². The summed E-state index contributed by atoms with van der Waals surface area (Å²) >= 11 is 0. The molecule has 1 aromatic carbocycles. The van der Waals surface area contributed by atoms with Crippen LogP contribution in [0.25, 0.3) is 0 Å². The van der Waals surface area contributed by atoms with E-state index >= 15 is 0 Å². The maximum absolute atomic E-state index is 11.6. The Morgan fingerprint density at radius 2 is 1.44 bits per heavy atom. The maximum atomic E-state index is 11.6. The average molecular weight is 303 g/mol. The normalized spacial score (nSPS) is 13.7. The van der Waals surface area contributed by atoms with Crippen LogP contribution in [0.5, 0.6) is 0 Å². The number of imide groups is 1. The third-order valence-electron chi connectivity index (χ3n) is 2.17. The molecule has 0 aromatic heterocycles. The van der Waals surface area contributed by atoms with Crippen LogP contribution in [-0.4, -0.2) is 117 Å². The molecule has 18 heavy (non-hydrogen) atoms. The zero-order valence-corrected chi connectivity index (χ0v) is 15.9. The molecule has 1 N–H and O–H groups in total. The first-order valence-corrected chi connectivity index (χ1v) is 5.91. The Labute approximate surface area is 169 Å². The molecular formula is C9H7KNNaO5S. The molecule has 1 aliphatic heterocycles. The number of benzene rings is 1. The molecule has 0 saturated carbocycles. The topological polar surface area (TPSA) is 91.8 Å². The predicted octanol–water partition coefficient (Wildman–Crippen LogP) is -0.634. The summed E-state index contributed by atoms with van der Waals surface area (Å²) in [6.07, 6.45) is 0. The molecule has 1 aliphatic rings. The van der Waals surface area contributed by atoms with Gasteiger partial charge in [-0.3, -0.25) is 19.0 Å². The van der Waals surface area contributed by atoms with Gasteiger partial charge in [0.05, 0.1) is 11.1 Å². The number of hydrogen-bond acceptors (Lipinski definition) is 4. The molecule has 0 saturated heterocycles. The summed E-state index contributed by atoms with van der Waals surface area (Å²) in [5.74, 6) is -2.43. The van der Waals surface area contributed by atoms with Crippen molar-refractivity contribution in [2.24, 2.45) is 0 Å². The third kappa shape index (κ3) is 3.95. The number of carbonyl (C=O) groups excluding carboxylic acids is 2. The zero-order chi connectivity index (χ0) is 11.9. The Morgan fingerprint density at radius 3 is 1.78 bits per heavy atom. The van der Waals surface area contributed by atoms with Crippen LogP contribution in [0, 0.1) is 0 Å². The summed E-state index contributed by atoms with van der Waals surface area (Å²) in [6, 6.07) is 6.00. The largest absolute Gasteiger partial charge is 0.284 e. The maximum Gasteiger partial charge on any atom is 0.283 e. The second-order valence-corrected chi connectivity index (χ2v) is 4.72. The van der Waals surface area contributed by atoms with Crippen molar-refractivity contribution in [3.05, 3.63) is 35.4 Å². The van der Waals surface area contributed by atoms with Crippen LogP contribution in [0.4, 0.5) is 0 Å². The Morgan fingerprint density at radius 1 is 1.06 bits per heavy atom. The molecule has 0 aliphatic carbocycles. The number of hydrogen-bond donors (Lipinski definition) is 1. The van der Waals surface area contributed by atoms with Crippen molar-refractivity contribution < 1.29 is 22.6 Å². The van der Waals surface area contributed by atoms with E-state index in [0.717, 1.165) is 0 Å². The molecule has 2 radical (unpaired) electrons. The van der Waals surface area contributed by atoms with Gasteiger partial charge in [0, 0.05) is 80.9 Å². The fourth-order valence-electron chi connectivity index (χ4n) is 1.52. The molecule has 0 unspecified atom stereocenters. The van der Waals surface area contributed by atoms with Crippen molar-refractivity contribution >= 4 is 103 Å². The van der Waals surface area contributed by atoms with E-state index in [1.165, 1.54) is 12.1 Å². The summed E-state index contributed by atoms with van der Waals surface area (Å²) in [5, 5.41) is 0. The molecule has 2 rings (SSSR count). The van der Waals surface area contributed by atoms with Gasteiger partial charge in [-0.1, -0.05) is 12.1 Å². The van der Waals surface area contributed by atoms with Gasteiger partial charge >= 0.3 is 0 Å². The summed E-state index contributed by atoms with van der Waals surface area (Å²) in [7, 11) is -4.41. The molecular weight excluding hydrogens is 296 g/mol. The van der Waals surface area contributed by atoms with E-state index in [1.807, 2.05) is 0 Å². The number of fused-ring (bicyclic) bond motifs is 1. The molecule has 2 amide bonds. The molecule has 6 nitrogen and oxygen atoms in total. The van der Waals surface area contributed by atoms with Crippen molar-refractivity contribution in [2.75, 3.05) is 5.88 Å². The Kier molecular flexibility index (Phi) is 7.43. The van der Waals surface area contributed by atoms with E-state index in [4.69, 9.17) is 4.55 Å². The summed E-state index contributed by atoms with van der Waals surface area (Å²) < 4.78 is 29.9. The first kappa shape index (κ1) is 18.9. The first-order valence-electron chi connectivity index (χ1n) is 4.30. The molecule has 1 aromatic rings. The molecule has 9 heteroatoms. The Balaban J connectivity index is 0.00000144. The van der Waals surface area contributed by atoms with Gasteiger partial charge in [0.15, 0.2) is 5.88 Å². The van der Waals surface area contributed by atoms with Gasteiger partial charge in [0.2, 0.25) is 0 Å². The Hall–Kier alpha value is 0.906. The minimum atomic E-state index is -4.41. The summed E-state index contributed by atoms with van der Waals surface area (Å²) in [6.45, 7) is 0. The fraction of sp³-hybridized carbons (Fsp3) is 0.111. The number of carbonyl (C=O) groups is 2. The fourth-order valence-corrected chi connectivity index (χ4v) is 2.08. The van der Waals surface area contributed by atoms with Crippen molar-refractivity contribution in [2.45, 2.75) is 0 Å². The minimum Gasteiger partial charge on any atom is -0.284 e. The van der Waals surface area contributed by atoms with Crippen LogP contribution < -0.4 is 0 Å². The van der Waals surface area contributed by atoms with Gasteiger partial charge in [0.1, 0.15) is 0 Å². The number of rotatable bonds is 2.